The van der Waals surface area contributed by atoms with Gasteiger partial charge in [0.2, 0.25) is 11.8 Å². The lowest BCUT2D eigenvalue weighted by Crippen LogP contribution is -2.23. The highest BCUT2D eigenvalue weighted by atomic mass is 19.1. The van der Waals surface area contributed by atoms with Crippen molar-refractivity contribution in [2.75, 3.05) is 7.05 Å². The molecule has 1 aromatic carbocycles. The summed E-state index contributed by atoms with van der Waals surface area (Å²) in [4.78, 5) is 16.9. The third-order valence-corrected chi connectivity index (χ3v) is 3.48. The summed E-state index contributed by atoms with van der Waals surface area (Å²) < 4.78 is 20.5. The highest BCUT2D eigenvalue weighted by Gasteiger charge is 2.11. The minimum atomic E-state index is -0.332. The molecule has 0 saturated heterocycles. The average Bonchev–Trinajstić information content (AvgIpc) is 3.17. The number of carbonyl (C=O) groups excluding carboxylic acids is 1. The molecule has 0 spiro atoms. The Kier molecular flexibility index (Phi) is 4.37. The highest BCUT2D eigenvalue weighted by Crippen LogP contribution is 2.21. The first-order valence-corrected chi connectivity index (χ1v) is 7.32. The maximum atomic E-state index is 13.3. The molecule has 3 rings (SSSR count). The number of hydrogen-bond donors (Lipinski definition) is 0. The fraction of sp³-hybridized carbons (Fsp3) is 0.250. The minimum absolute atomic E-state index is 0.0445. The van der Waals surface area contributed by atoms with E-state index in [2.05, 4.69) is 15.3 Å². The Morgan fingerprint density at radius 1 is 1.42 bits per heavy atom. The van der Waals surface area contributed by atoms with Crippen LogP contribution in [-0.2, 0) is 17.9 Å². The van der Waals surface area contributed by atoms with Crippen molar-refractivity contribution in [3.8, 4) is 11.3 Å². The van der Waals surface area contributed by atoms with Crippen LogP contribution in [0.4, 0.5) is 4.39 Å². The molecular formula is C16H16FN5O2. The summed E-state index contributed by atoms with van der Waals surface area (Å²) in [6.07, 6.45) is 3.27. The van der Waals surface area contributed by atoms with Crippen molar-refractivity contribution in [2.45, 2.75) is 20.0 Å². The van der Waals surface area contributed by atoms with Crippen LogP contribution >= 0.6 is 0 Å². The third kappa shape index (κ3) is 3.65. The number of aromatic nitrogens is 4. The lowest BCUT2D eigenvalue weighted by atomic mass is 10.2. The second-order valence-electron chi connectivity index (χ2n) is 5.41. The van der Waals surface area contributed by atoms with E-state index in [-0.39, 0.29) is 11.7 Å². The first kappa shape index (κ1) is 15.9. The van der Waals surface area contributed by atoms with Gasteiger partial charge in [0.25, 0.3) is 0 Å². The van der Waals surface area contributed by atoms with E-state index in [1.54, 1.807) is 41.2 Å². The predicted molar refractivity (Wildman–Crippen MR) is 83.2 cm³/mol. The molecule has 1 amide bonds. The summed E-state index contributed by atoms with van der Waals surface area (Å²) in [5.41, 5.74) is 1.29. The topological polar surface area (TPSA) is 77.0 Å². The standard InChI is InChI=1S/C16H16FN5O2/c1-11(23)21(2)8-14-9-22(20-19-14)10-16-18-7-15(24-16)12-4-3-5-13(17)6-12/h3-7,9H,8,10H2,1-2H3. The van der Waals surface area contributed by atoms with Crippen LogP contribution in [-0.4, -0.2) is 37.8 Å². The van der Waals surface area contributed by atoms with Crippen molar-refractivity contribution in [2.24, 2.45) is 0 Å². The number of rotatable bonds is 5. The molecule has 124 valence electrons. The molecule has 0 N–H and O–H groups in total. The van der Waals surface area contributed by atoms with Gasteiger partial charge in [-0.25, -0.2) is 14.1 Å². The van der Waals surface area contributed by atoms with Gasteiger partial charge in [0.1, 0.15) is 18.1 Å². The zero-order valence-electron chi connectivity index (χ0n) is 13.3. The Bertz CT molecular complexity index is 858. The van der Waals surface area contributed by atoms with E-state index in [9.17, 15) is 9.18 Å². The van der Waals surface area contributed by atoms with Crippen LogP contribution < -0.4 is 0 Å². The number of oxazole rings is 1. The quantitative estimate of drug-likeness (QED) is 0.716. The molecule has 0 saturated carbocycles. The molecule has 24 heavy (non-hydrogen) atoms. The van der Waals surface area contributed by atoms with Crippen LogP contribution in [0, 0.1) is 5.82 Å². The Hall–Kier alpha value is -3.03. The average molecular weight is 329 g/mol. The number of amides is 1. The molecular weight excluding hydrogens is 313 g/mol. The van der Waals surface area contributed by atoms with E-state index in [1.807, 2.05) is 0 Å². The monoisotopic (exact) mass is 329 g/mol. The highest BCUT2D eigenvalue weighted by molar-refractivity contribution is 5.72. The zero-order valence-corrected chi connectivity index (χ0v) is 13.3. The van der Waals surface area contributed by atoms with Crippen LogP contribution in [0.5, 0.6) is 0 Å². The molecule has 0 atom stereocenters. The molecule has 7 nitrogen and oxygen atoms in total. The van der Waals surface area contributed by atoms with Gasteiger partial charge in [0.15, 0.2) is 5.76 Å². The van der Waals surface area contributed by atoms with Crippen molar-refractivity contribution < 1.29 is 13.6 Å². The first-order chi connectivity index (χ1) is 11.5. The van der Waals surface area contributed by atoms with Crippen LogP contribution in [0.25, 0.3) is 11.3 Å². The lowest BCUT2D eigenvalue weighted by molar-refractivity contribution is -0.128. The zero-order chi connectivity index (χ0) is 17.1. The largest absolute Gasteiger partial charge is 0.439 e. The van der Waals surface area contributed by atoms with E-state index < -0.39 is 0 Å². The summed E-state index contributed by atoms with van der Waals surface area (Å²) in [6, 6.07) is 6.12. The van der Waals surface area contributed by atoms with Gasteiger partial charge in [-0.3, -0.25) is 4.79 Å². The molecule has 0 radical (unpaired) electrons. The van der Waals surface area contributed by atoms with Gasteiger partial charge in [0.05, 0.1) is 18.9 Å². The van der Waals surface area contributed by atoms with Gasteiger partial charge in [-0.15, -0.1) is 5.10 Å². The fourth-order valence-electron chi connectivity index (χ4n) is 2.14. The van der Waals surface area contributed by atoms with E-state index in [1.165, 1.54) is 19.1 Å². The number of hydrogen-bond acceptors (Lipinski definition) is 5. The van der Waals surface area contributed by atoms with Gasteiger partial charge in [-0.2, -0.15) is 0 Å². The Morgan fingerprint density at radius 2 is 2.25 bits per heavy atom. The molecule has 0 aliphatic heterocycles. The number of benzene rings is 1. The number of nitrogens with zero attached hydrogens (tertiary/aromatic N) is 5. The molecule has 8 heteroatoms. The summed E-state index contributed by atoms with van der Waals surface area (Å²) in [5.74, 6) is 0.546. The predicted octanol–water partition coefficient (Wildman–Crippen LogP) is 2.10. The maximum Gasteiger partial charge on any atom is 0.219 e. The number of carbonyl (C=O) groups is 1. The minimum Gasteiger partial charge on any atom is -0.439 e. The Labute approximate surface area is 137 Å². The summed E-state index contributed by atoms with van der Waals surface area (Å²) in [6.45, 7) is 2.17. The normalized spacial score (nSPS) is 10.8. The van der Waals surface area contributed by atoms with E-state index in [4.69, 9.17) is 4.42 Å². The fourth-order valence-corrected chi connectivity index (χ4v) is 2.14. The van der Waals surface area contributed by atoms with Gasteiger partial charge in [-0.1, -0.05) is 17.3 Å². The molecule has 3 aromatic rings. The van der Waals surface area contributed by atoms with Crippen molar-refractivity contribution >= 4 is 5.91 Å². The summed E-state index contributed by atoms with van der Waals surface area (Å²) >= 11 is 0. The van der Waals surface area contributed by atoms with Crippen LogP contribution in [0.15, 0.2) is 41.1 Å². The molecule has 2 aromatic heterocycles. The van der Waals surface area contributed by atoms with E-state index in [0.29, 0.717) is 36.0 Å². The Balaban J connectivity index is 1.69. The molecule has 0 aliphatic rings. The van der Waals surface area contributed by atoms with Crippen molar-refractivity contribution in [1.29, 1.82) is 0 Å². The van der Waals surface area contributed by atoms with Crippen molar-refractivity contribution in [3.05, 3.63) is 54.1 Å². The molecule has 2 heterocycles. The Morgan fingerprint density at radius 3 is 3.00 bits per heavy atom. The van der Waals surface area contributed by atoms with Gasteiger partial charge in [0, 0.05) is 19.5 Å². The summed E-state index contributed by atoms with van der Waals surface area (Å²) in [5, 5.41) is 8.00. The molecule has 0 bridgehead atoms. The van der Waals surface area contributed by atoms with Crippen LogP contribution in [0.1, 0.15) is 18.5 Å². The maximum absolute atomic E-state index is 13.3. The lowest BCUT2D eigenvalue weighted by Gasteiger charge is -2.11. The van der Waals surface area contributed by atoms with Crippen LogP contribution in [0.3, 0.4) is 0 Å². The van der Waals surface area contributed by atoms with Gasteiger partial charge >= 0.3 is 0 Å². The van der Waals surface area contributed by atoms with Crippen molar-refractivity contribution in [1.82, 2.24) is 24.9 Å². The van der Waals surface area contributed by atoms with Crippen LogP contribution in [0.2, 0.25) is 0 Å². The second kappa shape index (κ2) is 6.61. The van der Waals surface area contributed by atoms with Crippen molar-refractivity contribution in [3.63, 3.8) is 0 Å². The summed E-state index contributed by atoms with van der Waals surface area (Å²) in [7, 11) is 1.70. The third-order valence-electron chi connectivity index (χ3n) is 3.48. The van der Waals surface area contributed by atoms with Gasteiger partial charge < -0.3 is 9.32 Å². The van der Waals surface area contributed by atoms with E-state index >= 15 is 0 Å². The number of halogens is 1. The molecule has 0 aliphatic carbocycles. The first-order valence-electron chi connectivity index (χ1n) is 7.32. The van der Waals surface area contributed by atoms with E-state index in [0.717, 1.165) is 0 Å². The second-order valence-corrected chi connectivity index (χ2v) is 5.41. The molecule has 0 unspecified atom stereocenters. The van der Waals surface area contributed by atoms with Gasteiger partial charge in [-0.05, 0) is 12.1 Å². The molecule has 0 fully saturated rings. The SMILES string of the molecule is CC(=O)N(C)Cc1cn(Cc2ncc(-c3cccc(F)c3)o2)nn1. The smallest absolute Gasteiger partial charge is 0.219 e.